The first kappa shape index (κ1) is 16.3. The molecule has 0 spiro atoms. The van der Waals surface area contributed by atoms with Crippen molar-refractivity contribution in [3.8, 4) is 0 Å². The van der Waals surface area contributed by atoms with Crippen molar-refractivity contribution >= 4 is 0 Å². The van der Waals surface area contributed by atoms with E-state index in [1.165, 1.54) is 38.5 Å². The molecule has 3 heteroatoms. The molecule has 20 heavy (non-hydrogen) atoms. The molecule has 2 unspecified atom stereocenters. The van der Waals surface area contributed by atoms with Gasteiger partial charge in [-0.15, -0.1) is 0 Å². The lowest BCUT2D eigenvalue weighted by Crippen LogP contribution is -2.55. The van der Waals surface area contributed by atoms with E-state index in [-0.39, 0.29) is 5.54 Å². The third-order valence-corrected chi connectivity index (χ3v) is 5.36. The molecule has 2 rings (SSSR count). The van der Waals surface area contributed by atoms with Crippen molar-refractivity contribution < 1.29 is 4.74 Å². The minimum atomic E-state index is 0.250. The van der Waals surface area contributed by atoms with Crippen molar-refractivity contribution in [2.45, 2.75) is 70.9 Å². The summed E-state index contributed by atoms with van der Waals surface area (Å²) in [6.45, 7) is 12.1. The molecule has 1 N–H and O–H groups in total. The van der Waals surface area contributed by atoms with Crippen LogP contribution in [0.2, 0.25) is 0 Å². The van der Waals surface area contributed by atoms with Crippen molar-refractivity contribution in [2.75, 3.05) is 32.8 Å². The Morgan fingerprint density at radius 1 is 1.10 bits per heavy atom. The molecule has 2 aliphatic rings. The highest BCUT2D eigenvalue weighted by Crippen LogP contribution is 2.26. The van der Waals surface area contributed by atoms with Crippen molar-refractivity contribution in [3.05, 3.63) is 0 Å². The van der Waals surface area contributed by atoms with E-state index in [0.717, 1.165) is 44.8 Å². The van der Waals surface area contributed by atoms with E-state index in [1.54, 1.807) is 0 Å². The van der Waals surface area contributed by atoms with Crippen LogP contribution in [0.5, 0.6) is 0 Å². The van der Waals surface area contributed by atoms with Gasteiger partial charge in [0.2, 0.25) is 0 Å². The van der Waals surface area contributed by atoms with Crippen LogP contribution in [0.25, 0.3) is 0 Å². The minimum Gasteiger partial charge on any atom is -0.379 e. The average Bonchev–Trinajstić information content (AvgIpc) is 2.71. The number of hydrogen-bond acceptors (Lipinski definition) is 3. The van der Waals surface area contributed by atoms with Crippen LogP contribution in [0.4, 0.5) is 0 Å². The quantitative estimate of drug-likeness (QED) is 0.784. The van der Waals surface area contributed by atoms with Crippen LogP contribution in [-0.4, -0.2) is 49.3 Å². The third kappa shape index (κ3) is 4.71. The molecule has 0 aromatic rings. The van der Waals surface area contributed by atoms with E-state index in [1.807, 2.05) is 0 Å². The van der Waals surface area contributed by atoms with Crippen LogP contribution in [-0.2, 0) is 4.74 Å². The summed E-state index contributed by atoms with van der Waals surface area (Å²) >= 11 is 0. The van der Waals surface area contributed by atoms with E-state index in [4.69, 9.17) is 4.74 Å². The summed E-state index contributed by atoms with van der Waals surface area (Å²) in [7, 11) is 0. The van der Waals surface area contributed by atoms with Gasteiger partial charge in [-0.05, 0) is 39.0 Å². The molecule has 1 aliphatic carbocycles. The summed E-state index contributed by atoms with van der Waals surface area (Å²) in [6.07, 6.45) is 8.39. The average molecular weight is 282 g/mol. The molecular formula is C17H34N2O. The highest BCUT2D eigenvalue weighted by Gasteiger charge is 2.29. The molecule has 2 atom stereocenters. The fraction of sp³-hybridized carbons (Fsp3) is 1.00. The topological polar surface area (TPSA) is 24.5 Å². The van der Waals surface area contributed by atoms with Crippen molar-refractivity contribution in [2.24, 2.45) is 5.92 Å². The van der Waals surface area contributed by atoms with Crippen molar-refractivity contribution in [1.82, 2.24) is 10.2 Å². The maximum Gasteiger partial charge on any atom is 0.0594 e. The van der Waals surface area contributed by atoms with Crippen LogP contribution in [0.15, 0.2) is 0 Å². The lowest BCUT2D eigenvalue weighted by Gasteiger charge is -2.41. The van der Waals surface area contributed by atoms with E-state index in [2.05, 4.69) is 31.0 Å². The van der Waals surface area contributed by atoms with E-state index in [9.17, 15) is 0 Å². The molecule has 1 aliphatic heterocycles. The van der Waals surface area contributed by atoms with Crippen LogP contribution in [0.1, 0.15) is 59.3 Å². The van der Waals surface area contributed by atoms with Crippen molar-refractivity contribution in [3.63, 3.8) is 0 Å². The van der Waals surface area contributed by atoms with E-state index >= 15 is 0 Å². The summed E-state index contributed by atoms with van der Waals surface area (Å²) in [6, 6.07) is 0.742. The van der Waals surface area contributed by atoms with Crippen LogP contribution in [0.3, 0.4) is 0 Å². The Kier molecular flexibility index (Phi) is 6.31. The Balaban J connectivity index is 1.75. The number of morpholine rings is 1. The predicted molar refractivity (Wildman–Crippen MR) is 85.1 cm³/mol. The molecule has 1 saturated carbocycles. The summed E-state index contributed by atoms with van der Waals surface area (Å²) in [4.78, 5) is 2.58. The number of ether oxygens (including phenoxy) is 1. The Morgan fingerprint density at radius 3 is 2.55 bits per heavy atom. The molecule has 0 bridgehead atoms. The highest BCUT2D eigenvalue weighted by atomic mass is 16.5. The monoisotopic (exact) mass is 282 g/mol. The summed E-state index contributed by atoms with van der Waals surface area (Å²) in [5, 5.41) is 3.86. The first-order valence-corrected chi connectivity index (χ1v) is 8.68. The molecule has 1 saturated heterocycles. The van der Waals surface area contributed by atoms with Gasteiger partial charge in [-0.2, -0.15) is 0 Å². The van der Waals surface area contributed by atoms with E-state index < -0.39 is 0 Å². The molecule has 0 aromatic carbocycles. The van der Waals surface area contributed by atoms with Crippen molar-refractivity contribution in [1.29, 1.82) is 0 Å². The molecular weight excluding hydrogens is 248 g/mol. The Hall–Kier alpha value is -0.120. The van der Waals surface area contributed by atoms with Gasteiger partial charge in [-0.25, -0.2) is 0 Å². The highest BCUT2D eigenvalue weighted by molar-refractivity contribution is 4.87. The Bertz CT molecular complexity index is 274. The second kappa shape index (κ2) is 7.77. The summed E-state index contributed by atoms with van der Waals surface area (Å²) in [5.74, 6) is 0.981. The smallest absolute Gasteiger partial charge is 0.0594 e. The van der Waals surface area contributed by atoms with Crippen LogP contribution < -0.4 is 5.32 Å². The normalized spacial score (nSPS) is 30.1. The Morgan fingerprint density at radius 2 is 1.85 bits per heavy atom. The molecule has 1 heterocycles. The van der Waals surface area contributed by atoms with Gasteiger partial charge in [0, 0.05) is 31.2 Å². The SMILES string of the molecule is CCC1CCCC(NCC(C)(C)N2CCOCC2)CC1. The molecule has 0 aromatic heterocycles. The second-order valence-corrected chi connectivity index (χ2v) is 7.27. The van der Waals surface area contributed by atoms with Gasteiger partial charge in [-0.3, -0.25) is 4.90 Å². The van der Waals surface area contributed by atoms with Gasteiger partial charge in [0.05, 0.1) is 13.2 Å². The molecule has 3 nitrogen and oxygen atoms in total. The standard InChI is InChI=1S/C17H34N2O/c1-4-15-6-5-7-16(9-8-15)18-14-17(2,3)19-10-12-20-13-11-19/h15-16,18H,4-14H2,1-3H3. The van der Waals surface area contributed by atoms with E-state index in [0.29, 0.717) is 0 Å². The number of nitrogens with zero attached hydrogens (tertiary/aromatic N) is 1. The van der Waals surface area contributed by atoms with Gasteiger partial charge in [-0.1, -0.05) is 26.2 Å². The maximum atomic E-state index is 5.47. The summed E-state index contributed by atoms with van der Waals surface area (Å²) in [5.41, 5.74) is 0.250. The lowest BCUT2D eigenvalue weighted by molar-refractivity contribution is -0.0105. The fourth-order valence-corrected chi connectivity index (χ4v) is 3.67. The summed E-state index contributed by atoms with van der Waals surface area (Å²) < 4.78 is 5.47. The molecule has 118 valence electrons. The van der Waals surface area contributed by atoms with Gasteiger partial charge >= 0.3 is 0 Å². The number of rotatable bonds is 5. The Labute approximate surface area is 125 Å². The zero-order chi connectivity index (χ0) is 14.4. The largest absolute Gasteiger partial charge is 0.379 e. The van der Waals surface area contributed by atoms with Gasteiger partial charge in [0.1, 0.15) is 0 Å². The first-order valence-electron chi connectivity index (χ1n) is 8.68. The predicted octanol–water partition coefficient (Wildman–Crippen LogP) is 3.05. The van der Waals surface area contributed by atoms with Gasteiger partial charge < -0.3 is 10.1 Å². The van der Waals surface area contributed by atoms with Crippen LogP contribution >= 0.6 is 0 Å². The number of hydrogen-bond donors (Lipinski definition) is 1. The zero-order valence-corrected chi connectivity index (χ0v) is 13.8. The minimum absolute atomic E-state index is 0.250. The molecule has 0 amide bonds. The fourth-order valence-electron chi connectivity index (χ4n) is 3.67. The van der Waals surface area contributed by atoms with Crippen LogP contribution in [0, 0.1) is 5.92 Å². The second-order valence-electron chi connectivity index (χ2n) is 7.27. The first-order chi connectivity index (χ1) is 9.62. The number of nitrogens with one attached hydrogen (secondary N) is 1. The molecule has 2 fully saturated rings. The lowest BCUT2D eigenvalue weighted by atomic mass is 9.97. The van der Waals surface area contributed by atoms with Gasteiger partial charge in [0.25, 0.3) is 0 Å². The maximum absolute atomic E-state index is 5.47. The zero-order valence-electron chi connectivity index (χ0n) is 13.8. The third-order valence-electron chi connectivity index (χ3n) is 5.36. The van der Waals surface area contributed by atoms with Gasteiger partial charge in [0.15, 0.2) is 0 Å². The molecule has 0 radical (unpaired) electrons.